The summed E-state index contributed by atoms with van der Waals surface area (Å²) in [7, 11) is 3.72. The van der Waals surface area contributed by atoms with Gasteiger partial charge in [-0.1, -0.05) is 31.0 Å². The molecule has 10 nitrogen and oxygen atoms in total. The molecule has 2 fully saturated rings. The van der Waals surface area contributed by atoms with Crippen LogP contribution in [0.15, 0.2) is 24.3 Å². The lowest BCUT2D eigenvalue weighted by atomic mass is 9.60. The standard InChI is InChI=1S/C27H36N6O4/c1-31-13-15-33(16-14-31)12-10-18(17-28)30-24(34)20-8-5-6-11-27(20,26(29)37)22-19-7-3-4-9-21(19)32(2)23(22)25(35)36/h3-4,7,9,18,20H,5-6,8,10-16H2,1-2H3,(H2,29,37)(H,30,34)(H,35,36)/t18-,20-,27-/m0/s1. The number of amides is 2. The predicted octanol–water partition coefficient (Wildman–Crippen LogP) is 1.44. The van der Waals surface area contributed by atoms with Crippen LogP contribution >= 0.6 is 0 Å². The lowest BCUT2D eigenvalue weighted by Crippen LogP contribution is -2.56. The minimum atomic E-state index is -1.49. The Kier molecular flexibility index (Phi) is 7.85. The van der Waals surface area contributed by atoms with Crippen molar-refractivity contribution in [1.82, 2.24) is 19.7 Å². The molecule has 1 aliphatic carbocycles. The number of nitrogens with one attached hydrogen (secondary N) is 1. The molecule has 37 heavy (non-hydrogen) atoms. The van der Waals surface area contributed by atoms with Gasteiger partial charge in [0.25, 0.3) is 0 Å². The first-order valence-corrected chi connectivity index (χ1v) is 12.9. The molecule has 3 atom stereocenters. The van der Waals surface area contributed by atoms with E-state index < -0.39 is 35.2 Å². The van der Waals surface area contributed by atoms with Crippen molar-refractivity contribution in [3.05, 3.63) is 35.5 Å². The Bertz CT molecular complexity index is 1230. The number of carbonyl (C=O) groups is 3. The molecule has 2 heterocycles. The molecule has 4 rings (SSSR count). The van der Waals surface area contributed by atoms with Crippen molar-refractivity contribution >= 4 is 28.7 Å². The third-order valence-corrected chi connectivity index (χ3v) is 8.22. The van der Waals surface area contributed by atoms with Crippen LogP contribution < -0.4 is 11.1 Å². The maximum atomic E-state index is 13.7. The number of fused-ring (bicyclic) bond motifs is 1. The number of aromatic carboxylic acids is 1. The Morgan fingerprint density at radius 1 is 1.19 bits per heavy atom. The van der Waals surface area contributed by atoms with Crippen LogP contribution in [0.2, 0.25) is 0 Å². The molecule has 0 spiro atoms. The van der Waals surface area contributed by atoms with Crippen molar-refractivity contribution in [1.29, 1.82) is 5.26 Å². The molecule has 2 amide bonds. The molecular formula is C27H36N6O4. The van der Waals surface area contributed by atoms with Gasteiger partial charge in [0.2, 0.25) is 11.8 Å². The number of nitriles is 1. The van der Waals surface area contributed by atoms with Crippen LogP contribution in [0.1, 0.15) is 48.2 Å². The average molecular weight is 509 g/mol. The van der Waals surface area contributed by atoms with E-state index in [1.54, 1.807) is 35.9 Å². The van der Waals surface area contributed by atoms with Gasteiger partial charge in [0, 0.05) is 56.2 Å². The summed E-state index contributed by atoms with van der Waals surface area (Å²) in [6.07, 6.45) is 2.47. The average Bonchev–Trinajstić information content (AvgIpc) is 3.20. The molecule has 4 N–H and O–H groups in total. The van der Waals surface area contributed by atoms with Gasteiger partial charge in [-0.3, -0.25) is 9.59 Å². The van der Waals surface area contributed by atoms with Gasteiger partial charge < -0.3 is 30.5 Å². The minimum absolute atomic E-state index is 0.0356. The smallest absolute Gasteiger partial charge is 0.352 e. The highest BCUT2D eigenvalue weighted by Gasteiger charge is 2.54. The number of benzene rings is 1. The normalized spacial score (nSPS) is 23.9. The number of para-hydroxylation sites is 1. The highest BCUT2D eigenvalue weighted by atomic mass is 16.4. The number of hydrogen-bond donors (Lipinski definition) is 3. The molecule has 0 radical (unpaired) electrons. The van der Waals surface area contributed by atoms with Crippen molar-refractivity contribution in [2.24, 2.45) is 18.7 Å². The van der Waals surface area contributed by atoms with E-state index in [4.69, 9.17) is 5.73 Å². The third kappa shape index (κ3) is 4.93. The zero-order valence-electron chi connectivity index (χ0n) is 21.6. The van der Waals surface area contributed by atoms with Gasteiger partial charge >= 0.3 is 5.97 Å². The van der Waals surface area contributed by atoms with Crippen LogP contribution in [-0.2, 0) is 22.1 Å². The van der Waals surface area contributed by atoms with Crippen LogP contribution in [0, 0.1) is 17.2 Å². The Balaban J connectivity index is 1.67. The fraction of sp³-hybridized carbons (Fsp3) is 0.556. The second-order valence-corrected chi connectivity index (χ2v) is 10.4. The lowest BCUT2D eigenvalue weighted by Gasteiger charge is -2.41. The zero-order chi connectivity index (χ0) is 26.7. The highest BCUT2D eigenvalue weighted by molar-refractivity contribution is 6.06. The fourth-order valence-corrected chi connectivity index (χ4v) is 6.16. The van der Waals surface area contributed by atoms with Crippen LogP contribution in [-0.4, -0.2) is 83.1 Å². The first-order valence-electron chi connectivity index (χ1n) is 12.9. The number of piperazine rings is 1. The number of likely N-dealkylation sites (N-methyl/N-ethyl adjacent to an activating group) is 1. The van der Waals surface area contributed by atoms with Crippen LogP contribution in [0.5, 0.6) is 0 Å². The van der Waals surface area contributed by atoms with Crippen molar-refractivity contribution in [3.8, 4) is 6.07 Å². The summed E-state index contributed by atoms with van der Waals surface area (Å²) in [5.41, 5.74) is 5.50. The Labute approximate surface area is 217 Å². The van der Waals surface area contributed by atoms with E-state index in [1.807, 2.05) is 0 Å². The molecule has 1 saturated carbocycles. The van der Waals surface area contributed by atoms with Crippen molar-refractivity contribution in [3.63, 3.8) is 0 Å². The number of rotatable bonds is 8. The van der Waals surface area contributed by atoms with Gasteiger partial charge in [-0.2, -0.15) is 5.26 Å². The molecule has 0 unspecified atom stereocenters. The molecule has 0 bridgehead atoms. The van der Waals surface area contributed by atoms with E-state index >= 15 is 0 Å². The number of aromatic nitrogens is 1. The van der Waals surface area contributed by atoms with E-state index in [0.717, 1.165) is 26.2 Å². The number of nitrogens with two attached hydrogens (primary N) is 1. The van der Waals surface area contributed by atoms with Crippen molar-refractivity contribution < 1.29 is 19.5 Å². The topological polar surface area (TPSA) is 145 Å². The summed E-state index contributed by atoms with van der Waals surface area (Å²) in [4.78, 5) is 44.0. The maximum absolute atomic E-state index is 13.7. The second kappa shape index (κ2) is 10.9. The number of primary amides is 1. The Morgan fingerprint density at radius 3 is 2.54 bits per heavy atom. The third-order valence-electron chi connectivity index (χ3n) is 8.22. The lowest BCUT2D eigenvalue weighted by molar-refractivity contribution is -0.137. The second-order valence-electron chi connectivity index (χ2n) is 10.4. The van der Waals surface area contributed by atoms with Gasteiger partial charge in [-0.25, -0.2) is 4.79 Å². The molecule has 1 saturated heterocycles. The van der Waals surface area contributed by atoms with Crippen LogP contribution in [0.4, 0.5) is 0 Å². The van der Waals surface area contributed by atoms with Crippen LogP contribution in [0.25, 0.3) is 10.9 Å². The predicted molar refractivity (Wildman–Crippen MR) is 139 cm³/mol. The van der Waals surface area contributed by atoms with E-state index in [-0.39, 0.29) is 12.1 Å². The Hall–Kier alpha value is -3.42. The molecule has 10 heteroatoms. The van der Waals surface area contributed by atoms with E-state index in [9.17, 15) is 24.8 Å². The molecule has 2 aliphatic rings. The summed E-state index contributed by atoms with van der Waals surface area (Å²) < 4.78 is 1.55. The van der Waals surface area contributed by atoms with Crippen molar-refractivity contribution in [2.45, 2.75) is 43.6 Å². The summed E-state index contributed by atoms with van der Waals surface area (Å²) >= 11 is 0. The molecule has 1 aliphatic heterocycles. The van der Waals surface area contributed by atoms with E-state index in [2.05, 4.69) is 28.2 Å². The van der Waals surface area contributed by atoms with Crippen molar-refractivity contribution in [2.75, 3.05) is 39.8 Å². The van der Waals surface area contributed by atoms with Crippen LogP contribution in [0.3, 0.4) is 0 Å². The molecule has 1 aromatic heterocycles. The van der Waals surface area contributed by atoms with Gasteiger partial charge in [-0.05, 0) is 32.4 Å². The largest absolute Gasteiger partial charge is 0.477 e. The van der Waals surface area contributed by atoms with E-state index in [0.29, 0.717) is 48.7 Å². The summed E-state index contributed by atoms with van der Waals surface area (Å²) in [5, 5.41) is 23.4. The molecule has 2 aromatic rings. The summed E-state index contributed by atoms with van der Waals surface area (Å²) in [5.74, 6) is -3.19. The van der Waals surface area contributed by atoms with Gasteiger partial charge in [0.15, 0.2) is 0 Å². The highest BCUT2D eigenvalue weighted by Crippen LogP contribution is 2.48. The minimum Gasteiger partial charge on any atom is -0.477 e. The number of carboxylic acid groups (broad SMARTS) is 1. The monoisotopic (exact) mass is 508 g/mol. The summed E-state index contributed by atoms with van der Waals surface area (Å²) in [6.45, 7) is 4.43. The number of nitrogens with zero attached hydrogens (tertiary/aromatic N) is 4. The zero-order valence-corrected chi connectivity index (χ0v) is 21.6. The van der Waals surface area contributed by atoms with E-state index in [1.165, 1.54) is 0 Å². The first-order chi connectivity index (χ1) is 17.7. The quantitative estimate of drug-likeness (QED) is 0.489. The SMILES string of the molecule is CN1CCN(CC[C@@H](C#N)NC(=O)[C@@H]2CCCC[C@@]2(C(N)=O)c2c(C(=O)O)n(C)c3ccccc23)CC1. The molecular weight excluding hydrogens is 472 g/mol. The van der Waals surface area contributed by atoms with Gasteiger partial charge in [-0.15, -0.1) is 0 Å². The molecule has 1 aromatic carbocycles. The Morgan fingerprint density at radius 2 is 1.89 bits per heavy atom. The number of carbonyl (C=O) groups excluding carboxylic acids is 2. The first kappa shape index (κ1) is 26.6. The summed E-state index contributed by atoms with van der Waals surface area (Å²) in [6, 6.07) is 8.64. The van der Waals surface area contributed by atoms with Gasteiger partial charge in [0.05, 0.1) is 17.4 Å². The maximum Gasteiger partial charge on any atom is 0.352 e. The number of carboxylic acids is 1. The number of aryl methyl sites for hydroxylation is 1. The molecule has 198 valence electrons. The fourth-order valence-electron chi connectivity index (χ4n) is 6.16. The van der Waals surface area contributed by atoms with Gasteiger partial charge in [0.1, 0.15) is 11.7 Å². The number of hydrogen-bond acceptors (Lipinski definition) is 6.